The van der Waals surface area contributed by atoms with Gasteiger partial charge in [0.2, 0.25) is 0 Å². The molecule has 1 saturated carbocycles. The van der Waals surface area contributed by atoms with Gasteiger partial charge in [0.1, 0.15) is 5.75 Å². The lowest BCUT2D eigenvalue weighted by Crippen LogP contribution is -2.31. The number of benzene rings is 1. The molecule has 0 bridgehead atoms. The number of aliphatic hydroxyl groups excluding tert-OH is 1. The molecule has 3 unspecified atom stereocenters. The van der Waals surface area contributed by atoms with E-state index in [1.807, 2.05) is 0 Å². The fraction of sp³-hybridized carbons (Fsp3) is 0.600. The standard InChI is InChI=1S/C15H19F3O2/c1-20-13-7-3-5-11(9-13)14(19)10-4-2-6-12(8-10)15(16,17)18/h3,5,7,9-10,12,14,19H,2,4,6,8H2,1H3. The van der Waals surface area contributed by atoms with Crippen molar-refractivity contribution in [1.82, 2.24) is 0 Å². The zero-order chi connectivity index (χ0) is 14.8. The molecule has 112 valence electrons. The molecule has 3 atom stereocenters. The Hall–Kier alpha value is -1.23. The van der Waals surface area contributed by atoms with Crippen molar-refractivity contribution in [3.8, 4) is 5.75 Å². The van der Waals surface area contributed by atoms with Gasteiger partial charge in [0, 0.05) is 0 Å². The fourth-order valence-electron chi connectivity index (χ4n) is 2.91. The summed E-state index contributed by atoms with van der Waals surface area (Å²) in [6.07, 6.45) is -3.71. The van der Waals surface area contributed by atoms with Gasteiger partial charge in [0.05, 0.1) is 19.1 Å². The van der Waals surface area contributed by atoms with E-state index in [-0.39, 0.29) is 18.8 Å². The molecule has 2 rings (SSSR count). The summed E-state index contributed by atoms with van der Waals surface area (Å²) in [7, 11) is 1.52. The third-order valence-corrected chi connectivity index (χ3v) is 4.06. The summed E-state index contributed by atoms with van der Waals surface area (Å²) < 4.78 is 43.5. The quantitative estimate of drug-likeness (QED) is 0.907. The monoisotopic (exact) mass is 288 g/mol. The van der Waals surface area contributed by atoms with Gasteiger partial charge in [-0.15, -0.1) is 0 Å². The summed E-state index contributed by atoms with van der Waals surface area (Å²) in [5, 5.41) is 10.3. The number of alkyl halides is 3. The predicted octanol–water partition coefficient (Wildman–Crippen LogP) is 4.10. The van der Waals surface area contributed by atoms with Crippen LogP contribution in [0.1, 0.15) is 37.4 Å². The molecule has 0 radical (unpaired) electrons. The maximum Gasteiger partial charge on any atom is 0.391 e. The SMILES string of the molecule is COc1cccc(C(O)C2CCCC(C(F)(F)F)C2)c1. The van der Waals surface area contributed by atoms with Gasteiger partial charge in [-0.25, -0.2) is 0 Å². The molecule has 0 spiro atoms. The van der Waals surface area contributed by atoms with Crippen molar-refractivity contribution in [3.63, 3.8) is 0 Å². The van der Waals surface area contributed by atoms with Crippen molar-refractivity contribution in [2.75, 3.05) is 7.11 Å². The lowest BCUT2D eigenvalue weighted by atomic mass is 9.77. The molecule has 1 fully saturated rings. The number of hydrogen-bond acceptors (Lipinski definition) is 2. The fourth-order valence-corrected chi connectivity index (χ4v) is 2.91. The molecule has 0 aromatic heterocycles. The minimum atomic E-state index is -4.16. The summed E-state index contributed by atoms with van der Waals surface area (Å²) in [4.78, 5) is 0. The first kappa shape index (κ1) is 15.2. The topological polar surface area (TPSA) is 29.5 Å². The second kappa shape index (κ2) is 6.04. The Morgan fingerprint density at radius 1 is 1.30 bits per heavy atom. The highest BCUT2D eigenvalue weighted by Crippen LogP contribution is 2.44. The Kier molecular flexibility index (Phi) is 4.58. The van der Waals surface area contributed by atoms with Gasteiger partial charge in [0.15, 0.2) is 0 Å². The smallest absolute Gasteiger partial charge is 0.391 e. The molecule has 0 heterocycles. The first-order chi connectivity index (χ1) is 9.41. The maximum absolute atomic E-state index is 12.8. The first-order valence-electron chi connectivity index (χ1n) is 6.80. The van der Waals surface area contributed by atoms with Crippen LogP contribution < -0.4 is 4.74 Å². The van der Waals surface area contributed by atoms with Crippen molar-refractivity contribution < 1.29 is 23.0 Å². The van der Waals surface area contributed by atoms with E-state index in [2.05, 4.69) is 0 Å². The molecule has 20 heavy (non-hydrogen) atoms. The number of aliphatic hydroxyl groups is 1. The molecule has 2 nitrogen and oxygen atoms in total. The molecular formula is C15H19F3O2. The minimum absolute atomic E-state index is 0.00186. The molecule has 0 aliphatic heterocycles. The van der Waals surface area contributed by atoms with E-state index in [4.69, 9.17) is 4.74 Å². The molecule has 1 aromatic rings. The number of halogens is 3. The van der Waals surface area contributed by atoms with E-state index in [9.17, 15) is 18.3 Å². The van der Waals surface area contributed by atoms with Crippen molar-refractivity contribution in [3.05, 3.63) is 29.8 Å². The Morgan fingerprint density at radius 2 is 2.05 bits per heavy atom. The number of hydrogen-bond donors (Lipinski definition) is 1. The highest BCUT2D eigenvalue weighted by atomic mass is 19.4. The molecule has 0 amide bonds. The Bertz CT molecular complexity index is 445. The molecule has 1 aliphatic rings. The van der Waals surface area contributed by atoms with Crippen LogP contribution in [0.4, 0.5) is 13.2 Å². The van der Waals surface area contributed by atoms with Crippen LogP contribution >= 0.6 is 0 Å². The van der Waals surface area contributed by atoms with Crippen LogP contribution in [-0.4, -0.2) is 18.4 Å². The van der Waals surface area contributed by atoms with Crippen molar-refractivity contribution in [2.45, 2.75) is 38.0 Å². The zero-order valence-corrected chi connectivity index (χ0v) is 11.4. The predicted molar refractivity (Wildman–Crippen MR) is 69.5 cm³/mol. The van der Waals surface area contributed by atoms with Crippen LogP contribution in [0, 0.1) is 11.8 Å². The third-order valence-electron chi connectivity index (χ3n) is 4.06. The van der Waals surface area contributed by atoms with Gasteiger partial charge in [-0.3, -0.25) is 0 Å². The maximum atomic E-state index is 12.8. The van der Waals surface area contributed by atoms with Crippen LogP contribution in [0.5, 0.6) is 5.75 Å². The molecule has 1 aromatic carbocycles. The van der Waals surface area contributed by atoms with Crippen molar-refractivity contribution >= 4 is 0 Å². The molecule has 1 aliphatic carbocycles. The normalized spacial score (nSPS) is 25.2. The van der Waals surface area contributed by atoms with E-state index in [0.29, 0.717) is 24.2 Å². The van der Waals surface area contributed by atoms with Gasteiger partial charge in [0.25, 0.3) is 0 Å². The Balaban J connectivity index is 2.10. The van der Waals surface area contributed by atoms with E-state index < -0.39 is 18.2 Å². The van der Waals surface area contributed by atoms with E-state index in [1.54, 1.807) is 24.3 Å². The number of methoxy groups -OCH3 is 1. The second-order valence-corrected chi connectivity index (χ2v) is 5.39. The molecule has 0 saturated heterocycles. The largest absolute Gasteiger partial charge is 0.497 e. The van der Waals surface area contributed by atoms with Gasteiger partial charge in [-0.2, -0.15) is 13.2 Å². The zero-order valence-electron chi connectivity index (χ0n) is 11.4. The van der Waals surface area contributed by atoms with Gasteiger partial charge >= 0.3 is 6.18 Å². The average molecular weight is 288 g/mol. The number of ether oxygens (including phenoxy) is 1. The Labute approximate surface area is 116 Å². The Morgan fingerprint density at radius 3 is 2.70 bits per heavy atom. The lowest BCUT2D eigenvalue weighted by Gasteiger charge is -2.33. The molecule has 5 heteroatoms. The molecule has 1 N–H and O–H groups in total. The van der Waals surface area contributed by atoms with Gasteiger partial charge in [-0.05, 0) is 42.9 Å². The van der Waals surface area contributed by atoms with E-state index in [1.165, 1.54) is 7.11 Å². The van der Waals surface area contributed by atoms with Crippen LogP contribution in [-0.2, 0) is 0 Å². The lowest BCUT2D eigenvalue weighted by molar-refractivity contribution is -0.189. The van der Waals surface area contributed by atoms with Gasteiger partial charge in [-0.1, -0.05) is 18.6 Å². The van der Waals surface area contributed by atoms with Crippen LogP contribution in [0.25, 0.3) is 0 Å². The van der Waals surface area contributed by atoms with Crippen LogP contribution in [0.15, 0.2) is 24.3 Å². The van der Waals surface area contributed by atoms with Crippen LogP contribution in [0.2, 0.25) is 0 Å². The second-order valence-electron chi connectivity index (χ2n) is 5.39. The summed E-state index contributed by atoms with van der Waals surface area (Å²) in [5.41, 5.74) is 0.622. The average Bonchev–Trinajstić information content (AvgIpc) is 2.46. The highest BCUT2D eigenvalue weighted by Gasteiger charge is 2.43. The van der Waals surface area contributed by atoms with E-state index in [0.717, 1.165) is 0 Å². The van der Waals surface area contributed by atoms with E-state index >= 15 is 0 Å². The number of rotatable bonds is 3. The third kappa shape index (κ3) is 3.45. The molecular weight excluding hydrogens is 269 g/mol. The van der Waals surface area contributed by atoms with Crippen molar-refractivity contribution in [1.29, 1.82) is 0 Å². The minimum Gasteiger partial charge on any atom is -0.497 e. The summed E-state index contributed by atoms with van der Waals surface area (Å²) >= 11 is 0. The first-order valence-corrected chi connectivity index (χ1v) is 6.80. The summed E-state index contributed by atoms with van der Waals surface area (Å²) in [6, 6.07) is 6.89. The van der Waals surface area contributed by atoms with Crippen LogP contribution in [0.3, 0.4) is 0 Å². The summed E-state index contributed by atoms with van der Waals surface area (Å²) in [5.74, 6) is -1.03. The van der Waals surface area contributed by atoms with Gasteiger partial charge < -0.3 is 9.84 Å². The van der Waals surface area contributed by atoms with Crippen molar-refractivity contribution in [2.24, 2.45) is 11.8 Å². The summed E-state index contributed by atoms with van der Waals surface area (Å²) in [6.45, 7) is 0. The highest BCUT2D eigenvalue weighted by molar-refractivity contribution is 5.30.